The number of aromatic nitrogens is 2. The molecule has 8 nitrogen and oxygen atoms in total. The van der Waals surface area contributed by atoms with Crippen LogP contribution in [0.3, 0.4) is 0 Å². The lowest BCUT2D eigenvalue weighted by Gasteiger charge is -2.28. The number of methoxy groups -OCH3 is 1. The smallest absolute Gasteiger partial charge is 0.305 e. The molecule has 0 aliphatic rings. The van der Waals surface area contributed by atoms with Crippen LogP contribution in [0.5, 0.6) is 0 Å². The van der Waals surface area contributed by atoms with Gasteiger partial charge in [0.05, 0.1) is 24.1 Å². The van der Waals surface area contributed by atoms with Crippen LogP contribution in [-0.4, -0.2) is 46.0 Å². The van der Waals surface area contributed by atoms with Crippen LogP contribution in [0.15, 0.2) is 16.7 Å². The van der Waals surface area contributed by atoms with E-state index in [-0.39, 0.29) is 18.9 Å². The van der Waals surface area contributed by atoms with Gasteiger partial charge in [0.25, 0.3) is 5.91 Å². The second-order valence-corrected chi connectivity index (χ2v) is 6.43. The highest BCUT2D eigenvalue weighted by Gasteiger charge is 2.31. The molecule has 0 aliphatic heterocycles. The SMILES string of the molecule is COCC(C)(CC(=O)O)NC(=O)c1cc(C)n(-c2cc(C)on2)c1C. The van der Waals surface area contributed by atoms with Crippen LogP contribution in [0.25, 0.3) is 5.82 Å². The minimum absolute atomic E-state index is 0.0895. The zero-order chi connectivity index (χ0) is 18.8. The van der Waals surface area contributed by atoms with Gasteiger partial charge in [0, 0.05) is 24.6 Å². The van der Waals surface area contributed by atoms with Gasteiger partial charge in [-0.05, 0) is 33.8 Å². The molecule has 2 aromatic heterocycles. The average molecular weight is 349 g/mol. The van der Waals surface area contributed by atoms with Crippen LogP contribution < -0.4 is 5.32 Å². The fourth-order valence-electron chi connectivity index (χ4n) is 2.93. The molecule has 0 saturated heterocycles. The summed E-state index contributed by atoms with van der Waals surface area (Å²) in [6.07, 6.45) is -0.242. The Kier molecular flexibility index (Phi) is 5.32. The lowest BCUT2D eigenvalue weighted by molar-refractivity contribution is -0.139. The Labute approximate surface area is 145 Å². The van der Waals surface area contributed by atoms with Crippen LogP contribution in [0.2, 0.25) is 0 Å². The van der Waals surface area contributed by atoms with Crippen molar-refractivity contribution in [3.63, 3.8) is 0 Å². The number of carbonyl (C=O) groups is 2. The maximum Gasteiger partial charge on any atom is 0.305 e. The molecule has 136 valence electrons. The Morgan fingerprint density at radius 1 is 1.36 bits per heavy atom. The van der Waals surface area contributed by atoms with Crippen molar-refractivity contribution in [1.82, 2.24) is 15.0 Å². The van der Waals surface area contributed by atoms with E-state index in [2.05, 4.69) is 10.5 Å². The molecular weight excluding hydrogens is 326 g/mol. The van der Waals surface area contributed by atoms with Crippen molar-refractivity contribution in [2.24, 2.45) is 0 Å². The monoisotopic (exact) mass is 349 g/mol. The minimum Gasteiger partial charge on any atom is -0.481 e. The number of carboxylic acid groups (broad SMARTS) is 1. The molecule has 0 fully saturated rings. The number of carboxylic acids is 1. The first-order valence-corrected chi connectivity index (χ1v) is 7.83. The molecule has 0 bridgehead atoms. The molecule has 25 heavy (non-hydrogen) atoms. The van der Waals surface area contributed by atoms with Gasteiger partial charge in [0.2, 0.25) is 0 Å². The topological polar surface area (TPSA) is 107 Å². The summed E-state index contributed by atoms with van der Waals surface area (Å²) < 4.78 is 12.0. The average Bonchev–Trinajstić information content (AvgIpc) is 3.01. The molecule has 0 spiro atoms. The zero-order valence-corrected chi connectivity index (χ0v) is 15.0. The van der Waals surface area contributed by atoms with Crippen LogP contribution in [0, 0.1) is 20.8 Å². The number of carbonyl (C=O) groups excluding carboxylic acids is 1. The van der Waals surface area contributed by atoms with Crippen LogP contribution in [0.1, 0.15) is 40.9 Å². The van der Waals surface area contributed by atoms with Crippen molar-refractivity contribution in [2.75, 3.05) is 13.7 Å². The molecule has 1 atom stereocenters. The lowest BCUT2D eigenvalue weighted by Crippen LogP contribution is -2.50. The second-order valence-electron chi connectivity index (χ2n) is 6.43. The first kappa shape index (κ1) is 18.7. The third kappa shape index (κ3) is 4.08. The highest BCUT2D eigenvalue weighted by molar-refractivity contribution is 5.96. The van der Waals surface area contributed by atoms with E-state index in [0.717, 1.165) is 5.69 Å². The predicted octanol–water partition coefficient (Wildman–Crippen LogP) is 2.00. The minimum atomic E-state index is -1.01. The quantitative estimate of drug-likeness (QED) is 0.792. The number of nitrogens with zero attached hydrogens (tertiary/aromatic N) is 2. The maximum absolute atomic E-state index is 12.7. The summed E-state index contributed by atoms with van der Waals surface area (Å²) in [5.74, 6) is -0.108. The predicted molar refractivity (Wildman–Crippen MR) is 90.0 cm³/mol. The molecular formula is C17H23N3O5. The molecule has 1 amide bonds. The Bertz CT molecular complexity index is 792. The summed E-state index contributed by atoms with van der Waals surface area (Å²) in [7, 11) is 1.46. The number of rotatable bonds is 7. The van der Waals surface area contributed by atoms with E-state index in [9.17, 15) is 9.59 Å². The first-order chi connectivity index (χ1) is 11.7. The molecule has 1 unspecified atom stereocenters. The van der Waals surface area contributed by atoms with Gasteiger partial charge in [-0.15, -0.1) is 0 Å². The molecule has 2 heterocycles. The third-order valence-electron chi connectivity index (χ3n) is 3.94. The molecule has 2 rings (SSSR count). The number of nitrogens with one attached hydrogen (secondary N) is 1. The van der Waals surface area contributed by atoms with Crippen molar-refractivity contribution in [3.05, 3.63) is 34.8 Å². The number of hydrogen-bond donors (Lipinski definition) is 2. The van der Waals surface area contributed by atoms with E-state index in [1.54, 1.807) is 32.9 Å². The zero-order valence-electron chi connectivity index (χ0n) is 15.0. The molecule has 2 aromatic rings. The van der Waals surface area contributed by atoms with Crippen molar-refractivity contribution < 1.29 is 24.0 Å². The van der Waals surface area contributed by atoms with Crippen LogP contribution in [0.4, 0.5) is 0 Å². The largest absolute Gasteiger partial charge is 0.481 e. The fraction of sp³-hybridized carbons (Fsp3) is 0.471. The Morgan fingerprint density at radius 3 is 2.56 bits per heavy atom. The Balaban J connectivity index is 2.32. The van der Waals surface area contributed by atoms with E-state index >= 15 is 0 Å². The summed E-state index contributed by atoms with van der Waals surface area (Å²) in [6.45, 7) is 7.19. The van der Waals surface area contributed by atoms with Gasteiger partial charge in [0.15, 0.2) is 5.82 Å². The second kappa shape index (κ2) is 7.10. The number of amides is 1. The van der Waals surface area contributed by atoms with Gasteiger partial charge in [-0.3, -0.25) is 14.2 Å². The van der Waals surface area contributed by atoms with E-state index < -0.39 is 11.5 Å². The molecule has 0 saturated carbocycles. The van der Waals surface area contributed by atoms with E-state index in [1.165, 1.54) is 7.11 Å². The molecule has 0 aliphatic carbocycles. The summed E-state index contributed by atoms with van der Waals surface area (Å²) in [6, 6.07) is 3.52. The number of aryl methyl sites for hydroxylation is 2. The number of hydrogen-bond acceptors (Lipinski definition) is 5. The summed E-state index contributed by atoms with van der Waals surface area (Å²) in [4.78, 5) is 23.8. The summed E-state index contributed by atoms with van der Waals surface area (Å²) >= 11 is 0. The van der Waals surface area contributed by atoms with Crippen LogP contribution >= 0.6 is 0 Å². The van der Waals surface area contributed by atoms with Crippen molar-refractivity contribution in [2.45, 2.75) is 39.7 Å². The van der Waals surface area contributed by atoms with Gasteiger partial charge in [-0.1, -0.05) is 5.16 Å². The van der Waals surface area contributed by atoms with Gasteiger partial charge in [0.1, 0.15) is 5.76 Å². The van der Waals surface area contributed by atoms with Gasteiger partial charge in [-0.2, -0.15) is 0 Å². The first-order valence-electron chi connectivity index (χ1n) is 7.83. The van der Waals surface area contributed by atoms with E-state index in [4.69, 9.17) is 14.4 Å². The summed E-state index contributed by atoms with van der Waals surface area (Å²) in [5.41, 5.74) is 0.955. The standard InChI is InChI=1S/C17H23N3O5/c1-10-6-13(12(3)20(10)14-7-11(2)25-19-14)16(23)18-17(4,9-24-5)8-15(21)22/h6-7H,8-9H2,1-5H3,(H,18,23)(H,21,22). The van der Waals surface area contributed by atoms with Crippen molar-refractivity contribution in [1.29, 1.82) is 0 Å². The Hall–Kier alpha value is -2.61. The maximum atomic E-state index is 12.7. The van der Waals surface area contributed by atoms with Crippen molar-refractivity contribution in [3.8, 4) is 5.82 Å². The molecule has 0 aromatic carbocycles. The van der Waals surface area contributed by atoms with Crippen LogP contribution in [-0.2, 0) is 9.53 Å². The molecule has 8 heteroatoms. The van der Waals surface area contributed by atoms with Gasteiger partial charge in [-0.25, -0.2) is 0 Å². The highest BCUT2D eigenvalue weighted by atomic mass is 16.5. The van der Waals surface area contributed by atoms with Gasteiger partial charge >= 0.3 is 5.97 Å². The van der Waals surface area contributed by atoms with Crippen molar-refractivity contribution >= 4 is 11.9 Å². The van der Waals surface area contributed by atoms with E-state index in [0.29, 0.717) is 22.8 Å². The summed E-state index contributed by atoms with van der Waals surface area (Å²) in [5, 5.41) is 15.8. The number of ether oxygens (including phenoxy) is 1. The fourth-order valence-corrected chi connectivity index (χ4v) is 2.93. The van der Waals surface area contributed by atoms with E-state index in [1.807, 2.05) is 11.5 Å². The molecule has 0 radical (unpaired) electrons. The lowest BCUT2D eigenvalue weighted by atomic mass is 9.98. The Morgan fingerprint density at radius 2 is 2.04 bits per heavy atom. The molecule has 2 N–H and O–H groups in total. The highest BCUT2D eigenvalue weighted by Crippen LogP contribution is 2.22. The number of aliphatic carboxylic acids is 1. The van der Waals surface area contributed by atoms with Gasteiger partial charge < -0.3 is 19.7 Å². The normalized spacial score (nSPS) is 13.5. The third-order valence-corrected chi connectivity index (χ3v) is 3.94.